The number of nitrogens with zero attached hydrogens (tertiary/aromatic N) is 2. The van der Waals surface area contributed by atoms with Crippen LogP contribution in [0.25, 0.3) is 0 Å². The smallest absolute Gasteiger partial charge is 0.0718 e. The summed E-state index contributed by atoms with van der Waals surface area (Å²) in [6, 6.07) is 0. The van der Waals surface area contributed by atoms with Crippen LogP contribution in [0.3, 0.4) is 0 Å². The third-order valence-electron chi connectivity index (χ3n) is 4.33. The number of piperidine rings is 1. The molecule has 118 valence electrons. The summed E-state index contributed by atoms with van der Waals surface area (Å²) in [6.07, 6.45) is 3.26. The molecular formula is C16H32N2O2. The lowest BCUT2D eigenvalue weighted by Gasteiger charge is -2.40. The fourth-order valence-electron chi connectivity index (χ4n) is 3.67. The van der Waals surface area contributed by atoms with Gasteiger partial charge in [-0.25, -0.2) is 0 Å². The second-order valence-corrected chi connectivity index (χ2v) is 7.51. The van der Waals surface area contributed by atoms with E-state index in [-0.39, 0.29) is 0 Å². The Kier molecular flexibility index (Phi) is 5.46. The molecule has 4 heteroatoms. The van der Waals surface area contributed by atoms with Crippen molar-refractivity contribution in [1.82, 2.24) is 9.80 Å². The highest BCUT2D eigenvalue weighted by atomic mass is 16.5. The molecule has 2 rings (SSSR count). The van der Waals surface area contributed by atoms with Gasteiger partial charge in [-0.2, -0.15) is 0 Å². The van der Waals surface area contributed by atoms with Crippen molar-refractivity contribution in [3.63, 3.8) is 0 Å². The van der Waals surface area contributed by atoms with Gasteiger partial charge in [-0.05, 0) is 59.5 Å². The van der Waals surface area contributed by atoms with E-state index in [2.05, 4.69) is 23.6 Å². The first-order valence-electron chi connectivity index (χ1n) is 8.14. The van der Waals surface area contributed by atoms with Crippen LogP contribution in [-0.4, -0.2) is 72.0 Å². The number of hydrogen-bond donors (Lipinski definition) is 1. The van der Waals surface area contributed by atoms with E-state index >= 15 is 0 Å². The molecule has 2 atom stereocenters. The van der Waals surface area contributed by atoms with Gasteiger partial charge in [-0.15, -0.1) is 0 Å². The number of morpholine rings is 1. The Morgan fingerprint density at radius 1 is 1.05 bits per heavy atom. The molecule has 20 heavy (non-hydrogen) atoms. The molecule has 2 aliphatic rings. The van der Waals surface area contributed by atoms with Crippen LogP contribution in [-0.2, 0) is 4.74 Å². The Hall–Kier alpha value is -0.160. The fraction of sp³-hybridized carbons (Fsp3) is 1.00. The van der Waals surface area contributed by atoms with Gasteiger partial charge in [0.15, 0.2) is 0 Å². The number of β-amino-alcohol motifs (C(OH)–C–C–N with tert-alkyl or cyclic N) is 1. The topological polar surface area (TPSA) is 35.9 Å². The summed E-state index contributed by atoms with van der Waals surface area (Å²) >= 11 is 0. The zero-order valence-corrected chi connectivity index (χ0v) is 13.6. The van der Waals surface area contributed by atoms with Crippen LogP contribution in [0.1, 0.15) is 40.5 Å². The third kappa shape index (κ3) is 5.32. The Bertz CT molecular complexity index is 285. The molecule has 2 unspecified atom stereocenters. The van der Waals surface area contributed by atoms with Crippen molar-refractivity contribution in [2.24, 2.45) is 5.92 Å². The van der Waals surface area contributed by atoms with Gasteiger partial charge >= 0.3 is 0 Å². The molecule has 2 saturated heterocycles. The molecule has 0 aromatic carbocycles. The quantitative estimate of drug-likeness (QED) is 0.850. The summed E-state index contributed by atoms with van der Waals surface area (Å²) in [4.78, 5) is 4.98. The van der Waals surface area contributed by atoms with Crippen LogP contribution in [0.4, 0.5) is 0 Å². The Balaban J connectivity index is 1.71. The molecule has 1 N–H and O–H groups in total. The summed E-state index contributed by atoms with van der Waals surface area (Å²) in [5.41, 5.74) is -0.568. The standard InChI is InChI=1S/C16H32N2O2/c1-13-9-18(10-14(2)20-13)11-15-5-7-17(8-6-15)12-16(3,4)19/h13-15,19H,5-12H2,1-4H3. The molecule has 0 amide bonds. The minimum Gasteiger partial charge on any atom is -0.389 e. The van der Waals surface area contributed by atoms with Crippen molar-refractivity contribution in [1.29, 1.82) is 0 Å². The Morgan fingerprint density at radius 2 is 1.60 bits per heavy atom. The molecule has 0 aliphatic carbocycles. The molecule has 0 bridgehead atoms. The van der Waals surface area contributed by atoms with Crippen LogP contribution in [0.5, 0.6) is 0 Å². The molecule has 0 saturated carbocycles. The van der Waals surface area contributed by atoms with E-state index in [0.717, 1.165) is 38.6 Å². The van der Waals surface area contributed by atoms with Crippen LogP contribution < -0.4 is 0 Å². The van der Waals surface area contributed by atoms with E-state index in [0.29, 0.717) is 12.2 Å². The summed E-state index contributed by atoms with van der Waals surface area (Å²) in [5, 5.41) is 9.89. The molecular weight excluding hydrogens is 252 g/mol. The summed E-state index contributed by atoms with van der Waals surface area (Å²) < 4.78 is 5.80. The van der Waals surface area contributed by atoms with Crippen molar-refractivity contribution in [3.05, 3.63) is 0 Å². The second-order valence-electron chi connectivity index (χ2n) is 7.51. The minimum absolute atomic E-state index is 0.369. The van der Waals surface area contributed by atoms with Gasteiger partial charge in [0.1, 0.15) is 0 Å². The van der Waals surface area contributed by atoms with E-state index in [4.69, 9.17) is 4.74 Å². The van der Waals surface area contributed by atoms with Crippen LogP contribution in [0.2, 0.25) is 0 Å². The predicted molar refractivity (Wildman–Crippen MR) is 81.9 cm³/mol. The van der Waals surface area contributed by atoms with Crippen molar-refractivity contribution in [2.45, 2.75) is 58.3 Å². The van der Waals surface area contributed by atoms with E-state index in [1.165, 1.54) is 19.4 Å². The highest BCUT2D eigenvalue weighted by Crippen LogP contribution is 2.21. The van der Waals surface area contributed by atoms with Gasteiger partial charge in [0.25, 0.3) is 0 Å². The van der Waals surface area contributed by atoms with Crippen molar-refractivity contribution >= 4 is 0 Å². The van der Waals surface area contributed by atoms with E-state index < -0.39 is 5.60 Å². The number of likely N-dealkylation sites (tertiary alicyclic amines) is 1. The first-order chi connectivity index (χ1) is 9.32. The summed E-state index contributed by atoms with van der Waals surface area (Å²) in [6.45, 7) is 14.6. The molecule has 0 aromatic rings. The van der Waals surface area contributed by atoms with E-state index in [1.54, 1.807) is 0 Å². The van der Waals surface area contributed by atoms with E-state index in [1.807, 2.05) is 13.8 Å². The average molecular weight is 284 g/mol. The SMILES string of the molecule is CC1CN(CC2CCN(CC(C)(C)O)CC2)CC(C)O1. The molecule has 0 radical (unpaired) electrons. The molecule has 0 aromatic heterocycles. The van der Waals surface area contributed by atoms with Gasteiger partial charge in [-0.1, -0.05) is 0 Å². The molecule has 2 aliphatic heterocycles. The maximum absolute atomic E-state index is 9.89. The van der Waals surface area contributed by atoms with Gasteiger partial charge in [0.05, 0.1) is 17.8 Å². The van der Waals surface area contributed by atoms with E-state index in [9.17, 15) is 5.11 Å². The molecule has 2 fully saturated rings. The Labute approximate surface area is 124 Å². The van der Waals surface area contributed by atoms with Gasteiger partial charge in [0, 0.05) is 26.2 Å². The monoisotopic (exact) mass is 284 g/mol. The average Bonchev–Trinajstić information content (AvgIpc) is 2.28. The third-order valence-corrected chi connectivity index (χ3v) is 4.33. The van der Waals surface area contributed by atoms with Crippen LogP contribution in [0.15, 0.2) is 0 Å². The number of rotatable bonds is 4. The van der Waals surface area contributed by atoms with Gasteiger partial charge in [-0.3, -0.25) is 4.90 Å². The molecule has 0 spiro atoms. The lowest BCUT2D eigenvalue weighted by molar-refractivity contribution is -0.0737. The largest absolute Gasteiger partial charge is 0.389 e. The first-order valence-corrected chi connectivity index (χ1v) is 8.14. The maximum Gasteiger partial charge on any atom is 0.0718 e. The Morgan fingerprint density at radius 3 is 2.10 bits per heavy atom. The normalized spacial score (nSPS) is 31.6. The number of hydrogen-bond acceptors (Lipinski definition) is 4. The lowest BCUT2D eigenvalue weighted by Crippen LogP contribution is -2.49. The zero-order valence-electron chi connectivity index (χ0n) is 13.6. The number of ether oxygens (including phenoxy) is 1. The molecule has 4 nitrogen and oxygen atoms in total. The van der Waals surface area contributed by atoms with Crippen molar-refractivity contribution < 1.29 is 9.84 Å². The molecule has 2 heterocycles. The van der Waals surface area contributed by atoms with Crippen LogP contribution in [0, 0.1) is 5.92 Å². The first kappa shape index (κ1) is 16.2. The van der Waals surface area contributed by atoms with Gasteiger partial charge < -0.3 is 14.7 Å². The minimum atomic E-state index is -0.568. The van der Waals surface area contributed by atoms with Gasteiger partial charge in [0.2, 0.25) is 0 Å². The predicted octanol–water partition coefficient (Wildman–Crippen LogP) is 1.58. The van der Waals surface area contributed by atoms with Crippen molar-refractivity contribution in [2.75, 3.05) is 39.3 Å². The van der Waals surface area contributed by atoms with Crippen LogP contribution >= 0.6 is 0 Å². The highest BCUT2D eigenvalue weighted by molar-refractivity contribution is 4.81. The lowest BCUT2D eigenvalue weighted by atomic mass is 9.94. The highest BCUT2D eigenvalue weighted by Gasteiger charge is 2.28. The summed E-state index contributed by atoms with van der Waals surface area (Å²) in [7, 11) is 0. The maximum atomic E-state index is 9.89. The second kappa shape index (κ2) is 6.73. The fourth-order valence-corrected chi connectivity index (χ4v) is 3.67. The summed E-state index contributed by atoms with van der Waals surface area (Å²) in [5.74, 6) is 0.811. The zero-order chi connectivity index (χ0) is 14.8. The van der Waals surface area contributed by atoms with Crippen molar-refractivity contribution in [3.8, 4) is 0 Å². The number of aliphatic hydroxyl groups is 1.